The molecule has 4 rings (SSSR count). The number of amides is 1. The fraction of sp³-hybridized carbons (Fsp3) is 0.269. The molecular formula is C26H27ClN2O2. The third-order valence-electron chi connectivity index (χ3n) is 5.67. The molecule has 0 unspecified atom stereocenters. The first kappa shape index (κ1) is 21.3. The highest BCUT2D eigenvalue weighted by molar-refractivity contribution is 6.33. The molecule has 1 aliphatic heterocycles. The number of piperidine rings is 1. The van der Waals surface area contributed by atoms with Crippen LogP contribution in [0.4, 0.5) is 11.4 Å². The van der Waals surface area contributed by atoms with Crippen molar-refractivity contribution in [1.82, 2.24) is 0 Å². The number of nitrogens with zero attached hydrogens (tertiary/aromatic N) is 1. The maximum Gasteiger partial charge on any atom is 0.255 e. The van der Waals surface area contributed by atoms with Gasteiger partial charge in [-0.1, -0.05) is 54.9 Å². The van der Waals surface area contributed by atoms with Gasteiger partial charge in [0.2, 0.25) is 0 Å². The lowest BCUT2D eigenvalue weighted by Gasteiger charge is -2.32. The van der Waals surface area contributed by atoms with E-state index in [1.165, 1.54) is 12.8 Å². The largest absolute Gasteiger partial charge is 0.489 e. The Hall–Kier alpha value is -2.98. The van der Waals surface area contributed by atoms with Crippen LogP contribution >= 0.6 is 11.6 Å². The molecule has 31 heavy (non-hydrogen) atoms. The summed E-state index contributed by atoms with van der Waals surface area (Å²) in [6, 6.07) is 22.9. The third kappa shape index (κ3) is 5.59. The average Bonchev–Trinajstić information content (AvgIpc) is 2.79. The van der Waals surface area contributed by atoms with Crippen molar-refractivity contribution >= 4 is 28.9 Å². The van der Waals surface area contributed by atoms with E-state index < -0.39 is 0 Å². The molecule has 3 aromatic carbocycles. The van der Waals surface area contributed by atoms with E-state index in [4.69, 9.17) is 16.3 Å². The maximum absolute atomic E-state index is 12.8. The van der Waals surface area contributed by atoms with Gasteiger partial charge in [-0.3, -0.25) is 4.79 Å². The number of benzene rings is 3. The summed E-state index contributed by atoms with van der Waals surface area (Å²) >= 11 is 6.54. The van der Waals surface area contributed by atoms with Crippen LogP contribution in [0.5, 0.6) is 5.75 Å². The fourth-order valence-corrected chi connectivity index (χ4v) is 4.06. The summed E-state index contributed by atoms with van der Waals surface area (Å²) in [7, 11) is 0. The van der Waals surface area contributed by atoms with E-state index in [-0.39, 0.29) is 5.91 Å². The van der Waals surface area contributed by atoms with Crippen LogP contribution in [0.25, 0.3) is 0 Å². The number of ether oxygens (including phenoxy) is 1. The molecule has 1 N–H and O–H groups in total. The van der Waals surface area contributed by atoms with Gasteiger partial charge in [-0.25, -0.2) is 0 Å². The molecule has 1 amide bonds. The molecule has 0 radical (unpaired) electrons. The molecular weight excluding hydrogens is 408 g/mol. The van der Waals surface area contributed by atoms with Crippen LogP contribution in [0, 0.1) is 5.92 Å². The number of carbonyl (C=O) groups is 1. The van der Waals surface area contributed by atoms with Crippen LogP contribution in [0.3, 0.4) is 0 Å². The van der Waals surface area contributed by atoms with Crippen LogP contribution in [0.15, 0.2) is 72.8 Å². The van der Waals surface area contributed by atoms with Crippen LogP contribution in [-0.2, 0) is 6.61 Å². The summed E-state index contributed by atoms with van der Waals surface area (Å²) in [5, 5.41) is 3.60. The Morgan fingerprint density at radius 3 is 2.55 bits per heavy atom. The third-order valence-corrected chi connectivity index (χ3v) is 5.98. The maximum atomic E-state index is 12.8. The predicted molar refractivity (Wildman–Crippen MR) is 127 cm³/mol. The van der Waals surface area contributed by atoms with Crippen molar-refractivity contribution in [3.8, 4) is 5.75 Å². The molecule has 3 aromatic rings. The van der Waals surface area contributed by atoms with Crippen molar-refractivity contribution in [3.05, 3.63) is 88.9 Å². The Labute approximate surface area is 188 Å². The lowest BCUT2D eigenvalue weighted by Crippen LogP contribution is -2.32. The summed E-state index contributed by atoms with van der Waals surface area (Å²) in [4.78, 5) is 15.1. The second-order valence-electron chi connectivity index (χ2n) is 8.09. The summed E-state index contributed by atoms with van der Waals surface area (Å²) < 4.78 is 5.84. The Bertz CT molecular complexity index is 1030. The molecule has 0 spiro atoms. The number of carbonyl (C=O) groups excluding carboxylic acids is 1. The molecule has 0 bridgehead atoms. The molecule has 0 atom stereocenters. The Morgan fingerprint density at radius 2 is 1.81 bits per heavy atom. The molecule has 5 heteroatoms. The van der Waals surface area contributed by atoms with Gasteiger partial charge < -0.3 is 15.0 Å². The first-order valence-corrected chi connectivity index (χ1v) is 11.1. The van der Waals surface area contributed by atoms with E-state index in [0.29, 0.717) is 28.6 Å². The van der Waals surface area contributed by atoms with E-state index in [1.807, 2.05) is 60.7 Å². The van der Waals surface area contributed by atoms with Crippen molar-refractivity contribution in [2.45, 2.75) is 26.4 Å². The first-order valence-electron chi connectivity index (χ1n) is 10.7. The van der Waals surface area contributed by atoms with Crippen molar-refractivity contribution in [3.63, 3.8) is 0 Å². The Balaban J connectivity index is 1.39. The van der Waals surface area contributed by atoms with Gasteiger partial charge in [0.05, 0.1) is 10.7 Å². The number of hydrogen-bond donors (Lipinski definition) is 1. The molecule has 1 fully saturated rings. The van der Waals surface area contributed by atoms with Crippen LogP contribution in [-0.4, -0.2) is 19.0 Å². The molecule has 160 valence electrons. The van der Waals surface area contributed by atoms with E-state index in [2.05, 4.69) is 17.1 Å². The zero-order chi connectivity index (χ0) is 21.6. The molecule has 1 heterocycles. The molecule has 1 saturated heterocycles. The smallest absolute Gasteiger partial charge is 0.255 e. The van der Waals surface area contributed by atoms with Gasteiger partial charge in [-0.05, 0) is 60.7 Å². The highest BCUT2D eigenvalue weighted by Crippen LogP contribution is 2.32. The van der Waals surface area contributed by atoms with Crippen molar-refractivity contribution in [2.75, 3.05) is 23.3 Å². The molecule has 0 aromatic heterocycles. The predicted octanol–water partition coefficient (Wildman–Crippen LogP) is 6.41. The number of hydrogen-bond acceptors (Lipinski definition) is 3. The van der Waals surface area contributed by atoms with Crippen LogP contribution < -0.4 is 15.0 Å². The molecule has 1 aliphatic rings. The normalized spacial score (nSPS) is 14.3. The quantitative estimate of drug-likeness (QED) is 0.487. The minimum atomic E-state index is -0.194. The highest BCUT2D eigenvalue weighted by atomic mass is 35.5. The average molecular weight is 435 g/mol. The molecule has 0 aliphatic carbocycles. The lowest BCUT2D eigenvalue weighted by atomic mass is 9.99. The zero-order valence-corrected chi connectivity index (χ0v) is 18.4. The van der Waals surface area contributed by atoms with Gasteiger partial charge in [0.25, 0.3) is 5.91 Å². The van der Waals surface area contributed by atoms with Crippen LogP contribution in [0.2, 0.25) is 5.02 Å². The second kappa shape index (κ2) is 9.88. The standard InChI is InChI=1S/C26H27ClN2O2/c1-19-12-14-29(15-13-19)25-11-10-22(17-24(25)27)28-26(30)21-8-5-9-23(16-21)31-18-20-6-3-2-4-7-20/h2-11,16-17,19H,12-15,18H2,1H3,(H,28,30). The van der Waals surface area contributed by atoms with E-state index in [9.17, 15) is 4.79 Å². The zero-order valence-electron chi connectivity index (χ0n) is 17.7. The minimum Gasteiger partial charge on any atom is -0.489 e. The summed E-state index contributed by atoms with van der Waals surface area (Å²) in [5.41, 5.74) is 3.33. The van der Waals surface area contributed by atoms with Gasteiger partial charge in [-0.2, -0.15) is 0 Å². The number of anilines is 2. The van der Waals surface area contributed by atoms with E-state index in [1.54, 1.807) is 12.1 Å². The summed E-state index contributed by atoms with van der Waals surface area (Å²) in [6.45, 7) is 4.78. The van der Waals surface area contributed by atoms with Gasteiger partial charge in [-0.15, -0.1) is 0 Å². The van der Waals surface area contributed by atoms with Gasteiger partial charge >= 0.3 is 0 Å². The first-order chi connectivity index (χ1) is 15.1. The number of nitrogens with one attached hydrogen (secondary N) is 1. The number of halogens is 1. The molecule has 0 saturated carbocycles. The second-order valence-corrected chi connectivity index (χ2v) is 8.50. The number of rotatable bonds is 6. The fourth-order valence-electron chi connectivity index (χ4n) is 3.76. The van der Waals surface area contributed by atoms with Crippen molar-refractivity contribution in [2.24, 2.45) is 5.92 Å². The van der Waals surface area contributed by atoms with Gasteiger partial charge in [0.15, 0.2) is 0 Å². The monoisotopic (exact) mass is 434 g/mol. The lowest BCUT2D eigenvalue weighted by molar-refractivity contribution is 0.102. The molecule has 4 nitrogen and oxygen atoms in total. The van der Waals surface area contributed by atoms with Gasteiger partial charge in [0.1, 0.15) is 12.4 Å². The summed E-state index contributed by atoms with van der Waals surface area (Å²) in [6.07, 6.45) is 2.36. The minimum absolute atomic E-state index is 0.194. The SMILES string of the molecule is CC1CCN(c2ccc(NC(=O)c3cccc(OCc4ccccc4)c3)cc2Cl)CC1. The van der Waals surface area contributed by atoms with Gasteiger partial charge in [0, 0.05) is 24.3 Å². The topological polar surface area (TPSA) is 41.6 Å². The summed E-state index contributed by atoms with van der Waals surface area (Å²) in [5.74, 6) is 1.23. The Kier molecular flexibility index (Phi) is 6.78. The van der Waals surface area contributed by atoms with Crippen molar-refractivity contribution in [1.29, 1.82) is 0 Å². The van der Waals surface area contributed by atoms with Crippen molar-refractivity contribution < 1.29 is 9.53 Å². The van der Waals surface area contributed by atoms with E-state index in [0.717, 1.165) is 30.3 Å². The van der Waals surface area contributed by atoms with Crippen LogP contribution in [0.1, 0.15) is 35.7 Å². The highest BCUT2D eigenvalue weighted by Gasteiger charge is 2.18. The van der Waals surface area contributed by atoms with E-state index >= 15 is 0 Å². The Morgan fingerprint density at radius 1 is 1.03 bits per heavy atom.